The Kier molecular flexibility index (Phi) is 3.03. The quantitative estimate of drug-likeness (QED) is 0.769. The summed E-state index contributed by atoms with van der Waals surface area (Å²) in [5.74, 6) is 0. The first-order chi connectivity index (χ1) is 6.77. The summed E-state index contributed by atoms with van der Waals surface area (Å²) in [6.45, 7) is 1.49. The van der Waals surface area contributed by atoms with Crippen molar-refractivity contribution in [3.05, 3.63) is 28.7 Å². The van der Waals surface area contributed by atoms with Crippen LogP contribution in [0.3, 0.4) is 0 Å². The molecule has 0 N–H and O–H groups in total. The summed E-state index contributed by atoms with van der Waals surface area (Å²) in [6, 6.07) is 7.82. The summed E-state index contributed by atoms with van der Waals surface area (Å²) in [5, 5.41) is 0. The molecule has 14 heavy (non-hydrogen) atoms. The van der Waals surface area contributed by atoms with Crippen LogP contribution >= 0.6 is 15.9 Å². The molecule has 0 saturated carbocycles. The molecule has 2 rings (SSSR count). The number of ether oxygens (including phenoxy) is 1. The van der Waals surface area contributed by atoms with Crippen molar-refractivity contribution in [1.82, 2.24) is 0 Å². The second-order valence-electron chi connectivity index (χ2n) is 3.18. The van der Waals surface area contributed by atoms with Gasteiger partial charge in [0.2, 0.25) is 6.36 Å². The van der Waals surface area contributed by atoms with E-state index in [4.69, 9.17) is 4.74 Å². The van der Waals surface area contributed by atoms with Gasteiger partial charge in [-0.05, 0) is 28.1 Å². The fourth-order valence-electron chi connectivity index (χ4n) is 1.54. The van der Waals surface area contributed by atoms with Gasteiger partial charge < -0.3 is 9.64 Å². The Morgan fingerprint density at radius 3 is 2.93 bits per heavy atom. The predicted molar refractivity (Wildman–Crippen MR) is 57.2 cm³/mol. The number of morpholine rings is 1. The number of nitrogens with zero attached hydrogens (tertiary/aromatic N) is 1. The Labute approximate surface area is 90.8 Å². The van der Waals surface area contributed by atoms with Crippen LogP contribution in [0.4, 0.5) is 10.1 Å². The third kappa shape index (κ3) is 2.07. The summed E-state index contributed by atoms with van der Waals surface area (Å²) < 4.78 is 18.8. The molecule has 1 aromatic rings. The summed E-state index contributed by atoms with van der Waals surface area (Å²) in [6.07, 6.45) is -1.17. The van der Waals surface area contributed by atoms with E-state index in [2.05, 4.69) is 15.9 Å². The number of para-hydroxylation sites is 1. The molecule has 1 heterocycles. The van der Waals surface area contributed by atoms with Gasteiger partial charge in [-0.25, -0.2) is 4.39 Å². The molecule has 1 atom stereocenters. The number of benzene rings is 1. The van der Waals surface area contributed by atoms with Crippen LogP contribution < -0.4 is 4.90 Å². The molecule has 1 fully saturated rings. The van der Waals surface area contributed by atoms with Crippen LogP contribution in [0.1, 0.15) is 0 Å². The van der Waals surface area contributed by atoms with Gasteiger partial charge in [0, 0.05) is 11.0 Å². The molecule has 0 aliphatic carbocycles. The number of rotatable bonds is 1. The highest BCUT2D eigenvalue weighted by Gasteiger charge is 2.20. The van der Waals surface area contributed by atoms with E-state index >= 15 is 0 Å². The fraction of sp³-hybridized carbons (Fsp3) is 0.400. The van der Waals surface area contributed by atoms with Gasteiger partial charge in [-0.2, -0.15) is 0 Å². The molecule has 1 aromatic carbocycles. The molecule has 4 heteroatoms. The molecule has 2 nitrogen and oxygen atoms in total. The number of alkyl halides is 1. The molecule has 0 spiro atoms. The molecule has 0 aromatic heterocycles. The molecule has 0 radical (unpaired) electrons. The van der Waals surface area contributed by atoms with Gasteiger partial charge in [0.15, 0.2) is 0 Å². The maximum atomic E-state index is 13.0. The lowest BCUT2D eigenvalue weighted by molar-refractivity contribution is -0.0465. The Morgan fingerprint density at radius 1 is 1.43 bits per heavy atom. The summed E-state index contributed by atoms with van der Waals surface area (Å²) >= 11 is 3.45. The van der Waals surface area contributed by atoms with E-state index in [9.17, 15) is 4.39 Å². The van der Waals surface area contributed by atoms with Crippen molar-refractivity contribution in [3.63, 3.8) is 0 Å². The van der Waals surface area contributed by atoms with E-state index in [0.29, 0.717) is 13.2 Å². The van der Waals surface area contributed by atoms with E-state index in [0.717, 1.165) is 16.7 Å². The summed E-state index contributed by atoms with van der Waals surface area (Å²) in [4.78, 5) is 1.98. The molecule has 1 aliphatic heterocycles. The van der Waals surface area contributed by atoms with Crippen molar-refractivity contribution in [2.75, 3.05) is 24.6 Å². The topological polar surface area (TPSA) is 12.5 Å². The highest BCUT2D eigenvalue weighted by molar-refractivity contribution is 9.10. The van der Waals surface area contributed by atoms with Gasteiger partial charge in [-0.1, -0.05) is 12.1 Å². The van der Waals surface area contributed by atoms with Gasteiger partial charge in [-0.15, -0.1) is 0 Å². The zero-order valence-electron chi connectivity index (χ0n) is 7.62. The standard InChI is InChI=1S/C10H11BrFNO/c11-8-3-1-2-4-9(8)13-5-6-14-10(12)7-13/h1-4,10H,5-7H2. The smallest absolute Gasteiger partial charge is 0.216 e. The van der Waals surface area contributed by atoms with Gasteiger partial charge in [0.1, 0.15) is 0 Å². The molecule has 1 aliphatic rings. The van der Waals surface area contributed by atoms with Crippen LogP contribution in [0.15, 0.2) is 28.7 Å². The van der Waals surface area contributed by atoms with Gasteiger partial charge in [-0.3, -0.25) is 0 Å². The number of hydrogen-bond acceptors (Lipinski definition) is 2. The first-order valence-corrected chi connectivity index (χ1v) is 5.32. The van der Waals surface area contributed by atoms with Crippen LogP contribution in [0.25, 0.3) is 0 Å². The molecular formula is C10H11BrFNO. The largest absolute Gasteiger partial charge is 0.363 e. The maximum absolute atomic E-state index is 13.0. The van der Waals surface area contributed by atoms with E-state index in [1.807, 2.05) is 29.2 Å². The lowest BCUT2D eigenvalue weighted by Gasteiger charge is -2.31. The molecular weight excluding hydrogens is 249 g/mol. The molecule has 0 bridgehead atoms. The number of anilines is 1. The normalized spacial score (nSPS) is 22.4. The van der Waals surface area contributed by atoms with E-state index in [1.165, 1.54) is 0 Å². The minimum Gasteiger partial charge on any atom is -0.363 e. The van der Waals surface area contributed by atoms with Crippen LogP contribution in [0.2, 0.25) is 0 Å². The highest BCUT2D eigenvalue weighted by Crippen LogP contribution is 2.27. The van der Waals surface area contributed by atoms with E-state index in [1.54, 1.807) is 0 Å². The lowest BCUT2D eigenvalue weighted by atomic mass is 10.2. The zero-order chi connectivity index (χ0) is 9.97. The van der Waals surface area contributed by atoms with Crippen LogP contribution in [0, 0.1) is 0 Å². The molecule has 0 amide bonds. The SMILES string of the molecule is FC1CN(c2ccccc2Br)CCO1. The second-order valence-corrected chi connectivity index (χ2v) is 4.03. The second kappa shape index (κ2) is 4.28. The highest BCUT2D eigenvalue weighted by atomic mass is 79.9. The van der Waals surface area contributed by atoms with E-state index in [-0.39, 0.29) is 0 Å². The zero-order valence-corrected chi connectivity index (χ0v) is 9.21. The summed E-state index contributed by atoms with van der Waals surface area (Å²) in [5.41, 5.74) is 1.03. The third-order valence-electron chi connectivity index (χ3n) is 2.22. The molecule has 1 unspecified atom stereocenters. The van der Waals surface area contributed by atoms with E-state index < -0.39 is 6.36 Å². The van der Waals surface area contributed by atoms with Crippen molar-refractivity contribution >= 4 is 21.6 Å². The Hall–Kier alpha value is -0.610. The average Bonchev–Trinajstić information content (AvgIpc) is 2.18. The minimum atomic E-state index is -1.17. The van der Waals surface area contributed by atoms with Crippen LogP contribution in [0.5, 0.6) is 0 Å². The minimum absolute atomic E-state index is 0.308. The molecule has 76 valence electrons. The van der Waals surface area contributed by atoms with Crippen molar-refractivity contribution in [3.8, 4) is 0 Å². The summed E-state index contributed by atoms with van der Waals surface area (Å²) in [7, 11) is 0. The first-order valence-electron chi connectivity index (χ1n) is 4.52. The Morgan fingerprint density at radius 2 is 2.21 bits per heavy atom. The van der Waals surface area contributed by atoms with Gasteiger partial charge in [0.05, 0.1) is 18.8 Å². The van der Waals surface area contributed by atoms with Crippen LogP contribution in [-0.2, 0) is 4.74 Å². The first kappa shape index (κ1) is 9.93. The fourth-order valence-corrected chi connectivity index (χ4v) is 2.07. The van der Waals surface area contributed by atoms with Gasteiger partial charge in [0.25, 0.3) is 0 Å². The predicted octanol–water partition coefficient (Wildman–Crippen LogP) is 2.58. The van der Waals surface area contributed by atoms with Crippen molar-refractivity contribution < 1.29 is 9.13 Å². The van der Waals surface area contributed by atoms with Crippen LogP contribution in [-0.4, -0.2) is 26.1 Å². The average molecular weight is 260 g/mol. The maximum Gasteiger partial charge on any atom is 0.216 e. The monoisotopic (exact) mass is 259 g/mol. The van der Waals surface area contributed by atoms with Crippen molar-refractivity contribution in [1.29, 1.82) is 0 Å². The number of hydrogen-bond donors (Lipinski definition) is 0. The van der Waals surface area contributed by atoms with Gasteiger partial charge >= 0.3 is 0 Å². The Balaban J connectivity index is 2.18. The number of halogens is 2. The van der Waals surface area contributed by atoms with Crippen molar-refractivity contribution in [2.24, 2.45) is 0 Å². The Bertz CT molecular complexity index is 321. The lowest BCUT2D eigenvalue weighted by Crippen LogP contribution is -2.40. The molecule has 1 saturated heterocycles. The van der Waals surface area contributed by atoms with Crippen molar-refractivity contribution in [2.45, 2.75) is 6.36 Å². The third-order valence-corrected chi connectivity index (χ3v) is 2.89.